The van der Waals surface area contributed by atoms with Crippen LogP contribution in [-0.4, -0.2) is 41.0 Å². The number of imidazole rings is 1. The Hall–Kier alpha value is -4.51. The molecule has 0 aromatic carbocycles. The molecule has 0 saturated heterocycles. The quantitative estimate of drug-likeness (QED) is 0.246. The van der Waals surface area contributed by atoms with Crippen LogP contribution in [0.2, 0.25) is 0 Å². The number of carbonyl (C=O) groups excluding carboxylic acids is 1. The average Bonchev–Trinajstić information content (AvgIpc) is 3.62. The molecular weight excluding hydrogens is 503 g/mol. The number of rotatable bonds is 5. The summed E-state index contributed by atoms with van der Waals surface area (Å²) in [5.41, 5.74) is 4.86. The molecule has 9 nitrogen and oxygen atoms in total. The Morgan fingerprint density at radius 3 is 2.74 bits per heavy atom. The highest BCUT2D eigenvalue weighted by molar-refractivity contribution is 7.08. The lowest BCUT2D eigenvalue weighted by atomic mass is 9.92. The van der Waals surface area contributed by atoms with Gasteiger partial charge in [-0.1, -0.05) is 20.8 Å². The van der Waals surface area contributed by atoms with Crippen molar-refractivity contribution in [3.8, 4) is 33.8 Å². The molecule has 0 radical (unpaired) electrons. The third kappa shape index (κ3) is 4.41. The van der Waals surface area contributed by atoms with Crippen LogP contribution >= 0.6 is 11.3 Å². The van der Waals surface area contributed by atoms with E-state index in [-0.39, 0.29) is 27.9 Å². The highest BCUT2D eigenvalue weighted by Crippen LogP contribution is 2.35. The molecule has 6 rings (SSSR count). The van der Waals surface area contributed by atoms with E-state index in [0.29, 0.717) is 34.8 Å². The number of fused-ring (bicyclic) bond motifs is 2. The van der Waals surface area contributed by atoms with Crippen LogP contribution < -0.4 is 5.32 Å². The molecule has 6 aromatic rings. The lowest BCUT2D eigenvalue weighted by molar-refractivity contribution is -0.117. The van der Waals surface area contributed by atoms with Crippen LogP contribution in [0.15, 0.2) is 53.7 Å². The molecule has 0 spiro atoms. The third-order valence-corrected chi connectivity index (χ3v) is 6.69. The number of aromatic nitrogens is 7. The van der Waals surface area contributed by atoms with Gasteiger partial charge < -0.3 is 10.3 Å². The number of carbonyl (C=O) groups is 1. The lowest BCUT2D eigenvalue weighted by Crippen LogP contribution is -2.19. The summed E-state index contributed by atoms with van der Waals surface area (Å²) in [6.07, 6.45) is 6.52. The van der Waals surface area contributed by atoms with Crippen molar-refractivity contribution in [3.05, 3.63) is 59.6 Å². The first-order valence-corrected chi connectivity index (χ1v) is 12.9. The second-order valence-corrected chi connectivity index (χ2v) is 11.0. The fraction of sp³-hybridized carbons (Fsp3) is 0.185. The third-order valence-electron chi connectivity index (χ3n) is 6.00. The topological polar surface area (TPSA) is 125 Å². The van der Waals surface area contributed by atoms with Crippen molar-refractivity contribution in [2.24, 2.45) is 5.41 Å². The molecule has 0 unspecified atom stereocenters. The van der Waals surface area contributed by atoms with Gasteiger partial charge in [-0.25, -0.2) is 19.3 Å². The SMILES string of the molecule is CC(C)(C)CC(=O)Nc1cncc(-c2cnc3n[nH]c(-c4nc5nccc(-c6ccsc6)c5[nH]4)c3c2F)c1. The predicted octanol–water partition coefficient (Wildman–Crippen LogP) is 6.20. The fourth-order valence-corrected chi connectivity index (χ4v) is 5.01. The van der Waals surface area contributed by atoms with Gasteiger partial charge in [0.05, 0.1) is 22.8 Å². The minimum absolute atomic E-state index is 0.136. The van der Waals surface area contributed by atoms with Crippen molar-refractivity contribution in [1.82, 2.24) is 35.1 Å². The van der Waals surface area contributed by atoms with E-state index in [0.717, 1.165) is 16.6 Å². The Labute approximate surface area is 220 Å². The van der Waals surface area contributed by atoms with Crippen molar-refractivity contribution in [3.63, 3.8) is 0 Å². The average molecular weight is 527 g/mol. The van der Waals surface area contributed by atoms with Gasteiger partial charge in [0.2, 0.25) is 5.91 Å². The van der Waals surface area contributed by atoms with E-state index in [9.17, 15) is 4.79 Å². The maximum absolute atomic E-state index is 16.0. The van der Waals surface area contributed by atoms with Crippen LogP contribution in [0.5, 0.6) is 0 Å². The molecule has 0 atom stereocenters. The van der Waals surface area contributed by atoms with Crippen molar-refractivity contribution < 1.29 is 9.18 Å². The summed E-state index contributed by atoms with van der Waals surface area (Å²) in [6, 6.07) is 5.62. The summed E-state index contributed by atoms with van der Waals surface area (Å²) < 4.78 is 16.0. The first-order chi connectivity index (χ1) is 18.3. The normalized spacial score (nSPS) is 11.9. The van der Waals surface area contributed by atoms with Crippen LogP contribution in [0.3, 0.4) is 0 Å². The van der Waals surface area contributed by atoms with Gasteiger partial charge in [0.15, 0.2) is 17.1 Å². The molecule has 0 bridgehead atoms. The summed E-state index contributed by atoms with van der Waals surface area (Å²) in [6.45, 7) is 5.96. The van der Waals surface area contributed by atoms with Gasteiger partial charge in [0.25, 0.3) is 0 Å². The van der Waals surface area contributed by atoms with Gasteiger partial charge in [-0.15, -0.1) is 0 Å². The minimum atomic E-state index is -0.523. The number of pyridine rings is 3. The monoisotopic (exact) mass is 526 g/mol. The summed E-state index contributed by atoms with van der Waals surface area (Å²) in [7, 11) is 0. The molecule has 38 heavy (non-hydrogen) atoms. The van der Waals surface area contributed by atoms with E-state index in [4.69, 9.17) is 0 Å². The second kappa shape index (κ2) is 9.10. The van der Waals surface area contributed by atoms with Crippen molar-refractivity contribution >= 4 is 45.1 Å². The zero-order valence-corrected chi connectivity index (χ0v) is 21.7. The van der Waals surface area contributed by atoms with Crippen molar-refractivity contribution in [1.29, 1.82) is 0 Å². The summed E-state index contributed by atoms with van der Waals surface area (Å²) >= 11 is 1.60. The van der Waals surface area contributed by atoms with Crippen molar-refractivity contribution in [2.75, 3.05) is 5.32 Å². The number of nitrogens with zero attached hydrogens (tertiary/aromatic N) is 5. The molecule has 0 saturated carbocycles. The van der Waals surface area contributed by atoms with Gasteiger partial charge >= 0.3 is 0 Å². The Bertz CT molecular complexity index is 1800. The molecule has 0 aliphatic heterocycles. The number of thiophene rings is 1. The van der Waals surface area contributed by atoms with E-state index >= 15 is 4.39 Å². The number of anilines is 1. The predicted molar refractivity (Wildman–Crippen MR) is 146 cm³/mol. The Balaban J connectivity index is 1.40. The summed E-state index contributed by atoms with van der Waals surface area (Å²) in [5.74, 6) is -0.259. The van der Waals surface area contributed by atoms with Gasteiger partial charge in [0.1, 0.15) is 11.5 Å². The van der Waals surface area contributed by atoms with E-state index in [2.05, 4.69) is 40.4 Å². The second-order valence-electron chi connectivity index (χ2n) is 10.2. The highest BCUT2D eigenvalue weighted by Gasteiger charge is 2.22. The number of halogens is 1. The molecule has 6 heterocycles. The first-order valence-electron chi connectivity index (χ1n) is 11.9. The number of amides is 1. The van der Waals surface area contributed by atoms with Crippen LogP contribution in [0.4, 0.5) is 10.1 Å². The minimum Gasteiger partial charge on any atom is -0.335 e. The fourth-order valence-electron chi connectivity index (χ4n) is 4.35. The number of hydrogen-bond acceptors (Lipinski definition) is 7. The van der Waals surface area contributed by atoms with Crippen LogP contribution in [0.25, 0.3) is 56.0 Å². The molecule has 1 amide bonds. The number of H-pyrrole nitrogens is 2. The number of nitrogens with one attached hydrogen (secondary N) is 3. The number of hydrogen-bond donors (Lipinski definition) is 3. The first kappa shape index (κ1) is 23.9. The molecule has 0 aliphatic rings. The maximum atomic E-state index is 16.0. The van der Waals surface area contributed by atoms with E-state index in [1.165, 1.54) is 18.6 Å². The largest absolute Gasteiger partial charge is 0.335 e. The lowest BCUT2D eigenvalue weighted by Gasteiger charge is -2.17. The maximum Gasteiger partial charge on any atom is 0.224 e. The standard InChI is InChI=1S/C27H23FN8OS/c1-27(2,3)9-19(37)32-16-8-15(10-29-11-16)18-12-31-24-20(21(18)28)23(35-36-24)26-33-22-17(14-5-7-38-13-14)4-6-30-25(22)34-26/h4-8,10-13H,9H2,1-3H3,(H,32,37)(H,30,33,34)(H,31,35,36). The van der Waals surface area contributed by atoms with Crippen LogP contribution in [0.1, 0.15) is 27.2 Å². The van der Waals surface area contributed by atoms with Crippen molar-refractivity contribution in [2.45, 2.75) is 27.2 Å². The molecule has 190 valence electrons. The van der Waals surface area contributed by atoms with Crippen LogP contribution in [-0.2, 0) is 4.79 Å². The smallest absolute Gasteiger partial charge is 0.224 e. The molecule has 11 heteroatoms. The van der Waals surface area contributed by atoms with Gasteiger partial charge in [0, 0.05) is 41.7 Å². The zero-order chi connectivity index (χ0) is 26.4. The molecule has 0 aliphatic carbocycles. The zero-order valence-electron chi connectivity index (χ0n) is 20.8. The summed E-state index contributed by atoms with van der Waals surface area (Å²) in [5, 5.41) is 14.2. The van der Waals surface area contributed by atoms with E-state index in [1.54, 1.807) is 23.6 Å². The van der Waals surface area contributed by atoms with Gasteiger partial charge in [-0.2, -0.15) is 16.4 Å². The Morgan fingerprint density at radius 2 is 1.95 bits per heavy atom. The van der Waals surface area contributed by atoms with E-state index < -0.39 is 5.82 Å². The molecule has 6 aromatic heterocycles. The Kier molecular flexibility index (Phi) is 5.72. The van der Waals surface area contributed by atoms with Gasteiger partial charge in [-0.05, 0) is 39.9 Å². The van der Waals surface area contributed by atoms with Gasteiger partial charge in [-0.3, -0.25) is 14.9 Å². The Morgan fingerprint density at radius 1 is 1.08 bits per heavy atom. The van der Waals surface area contributed by atoms with E-state index in [1.807, 2.05) is 43.7 Å². The summed E-state index contributed by atoms with van der Waals surface area (Å²) in [4.78, 5) is 33.2. The molecular formula is C27H23FN8OS. The number of aromatic amines is 2. The van der Waals surface area contributed by atoms with Crippen LogP contribution in [0, 0.1) is 11.2 Å². The highest BCUT2D eigenvalue weighted by atomic mass is 32.1. The molecule has 3 N–H and O–H groups in total. The molecule has 0 fully saturated rings.